The summed E-state index contributed by atoms with van der Waals surface area (Å²) in [5, 5.41) is 1.27. The van der Waals surface area contributed by atoms with Crippen molar-refractivity contribution < 1.29 is 0 Å². The average molecular weight is 274 g/mol. The van der Waals surface area contributed by atoms with Crippen LogP contribution in [0.15, 0.2) is 61.5 Å². The van der Waals surface area contributed by atoms with Gasteiger partial charge in [-0.25, -0.2) is 0 Å². The summed E-state index contributed by atoms with van der Waals surface area (Å²) in [6, 6.07) is 10.6. The molecule has 3 rings (SSSR count). The molecule has 0 radical (unpaired) electrons. The van der Waals surface area contributed by atoms with Gasteiger partial charge in [0.2, 0.25) is 0 Å². The molecule has 0 bridgehead atoms. The first-order valence-electron chi connectivity index (χ1n) is 7.03. The highest BCUT2D eigenvalue weighted by Gasteiger charge is 2.13. The average Bonchev–Trinajstić information content (AvgIpc) is 2.77. The molecule has 0 aliphatic heterocycles. The molecule has 3 aromatic rings. The van der Waals surface area contributed by atoms with Crippen molar-refractivity contribution in [2.24, 2.45) is 0 Å². The number of aryl methyl sites for hydroxylation is 1. The smallest absolute Gasteiger partial charge is 0.0537 e. The highest BCUT2D eigenvalue weighted by molar-refractivity contribution is 5.93. The van der Waals surface area contributed by atoms with Gasteiger partial charge in [0.05, 0.1) is 5.52 Å². The third-order valence-corrected chi connectivity index (χ3v) is 3.73. The van der Waals surface area contributed by atoms with E-state index in [0.29, 0.717) is 0 Å². The maximum absolute atomic E-state index is 4.11. The lowest BCUT2D eigenvalue weighted by Crippen LogP contribution is -1.96. The van der Waals surface area contributed by atoms with Crippen molar-refractivity contribution in [3.05, 3.63) is 78.3 Å². The molecule has 0 fully saturated rings. The van der Waals surface area contributed by atoms with E-state index in [2.05, 4.69) is 54.3 Å². The molecule has 2 nitrogen and oxygen atoms in total. The summed E-state index contributed by atoms with van der Waals surface area (Å²) in [5.41, 5.74) is 6.08. The van der Waals surface area contributed by atoms with E-state index in [4.69, 9.17) is 0 Å². The fourth-order valence-electron chi connectivity index (χ4n) is 2.76. The standard InChI is InChI=1S/C19H18N2/c1-4-5-6-17-15(3)21(16-9-11-20-12-10-16)19-8-7-14(2)13-18(17)19/h4-13H,1H2,2-3H3/b6-5-. The lowest BCUT2D eigenvalue weighted by molar-refractivity contribution is 1.04. The minimum atomic E-state index is 1.13. The van der Waals surface area contributed by atoms with E-state index in [9.17, 15) is 0 Å². The molecular formula is C19H18N2. The molecule has 0 atom stereocenters. The van der Waals surface area contributed by atoms with Crippen LogP contribution in [0.2, 0.25) is 0 Å². The van der Waals surface area contributed by atoms with Crippen LogP contribution < -0.4 is 0 Å². The first kappa shape index (κ1) is 13.4. The van der Waals surface area contributed by atoms with Gasteiger partial charge in [-0.2, -0.15) is 0 Å². The van der Waals surface area contributed by atoms with Gasteiger partial charge in [-0.05, 0) is 38.1 Å². The zero-order valence-electron chi connectivity index (χ0n) is 12.4. The number of rotatable bonds is 3. The molecule has 0 spiro atoms. The second-order valence-corrected chi connectivity index (χ2v) is 5.16. The molecule has 0 aliphatic rings. The number of nitrogens with zero attached hydrogens (tertiary/aromatic N) is 2. The fraction of sp³-hybridized carbons (Fsp3) is 0.105. The molecule has 104 valence electrons. The Balaban J connectivity index is 2.37. The van der Waals surface area contributed by atoms with Crippen molar-refractivity contribution in [1.82, 2.24) is 9.55 Å². The van der Waals surface area contributed by atoms with Crippen molar-refractivity contribution in [1.29, 1.82) is 0 Å². The third-order valence-electron chi connectivity index (χ3n) is 3.73. The minimum Gasteiger partial charge on any atom is -0.313 e. The fourth-order valence-corrected chi connectivity index (χ4v) is 2.76. The molecule has 0 unspecified atom stereocenters. The Morgan fingerprint density at radius 1 is 1.10 bits per heavy atom. The minimum absolute atomic E-state index is 1.13. The van der Waals surface area contributed by atoms with Gasteiger partial charge in [-0.1, -0.05) is 36.4 Å². The Kier molecular flexibility index (Phi) is 3.44. The van der Waals surface area contributed by atoms with Gasteiger partial charge < -0.3 is 4.57 Å². The second-order valence-electron chi connectivity index (χ2n) is 5.16. The van der Waals surface area contributed by atoms with Gasteiger partial charge in [0.15, 0.2) is 0 Å². The number of hydrogen-bond acceptors (Lipinski definition) is 1. The quantitative estimate of drug-likeness (QED) is 0.625. The SMILES string of the molecule is C=C/C=C\c1c(C)n(-c2ccncc2)c2ccc(C)cc12. The number of fused-ring (bicyclic) bond motifs is 1. The lowest BCUT2D eigenvalue weighted by atomic mass is 10.1. The first-order chi connectivity index (χ1) is 10.2. The van der Waals surface area contributed by atoms with Crippen LogP contribution in [0.3, 0.4) is 0 Å². The van der Waals surface area contributed by atoms with E-state index in [0.717, 1.165) is 5.69 Å². The Labute approximate surface area is 125 Å². The first-order valence-corrected chi connectivity index (χ1v) is 7.03. The number of pyridine rings is 1. The van der Waals surface area contributed by atoms with E-state index in [1.807, 2.05) is 36.7 Å². The van der Waals surface area contributed by atoms with Crippen LogP contribution in [0.4, 0.5) is 0 Å². The summed E-state index contributed by atoms with van der Waals surface area (Å²) in [7, 11) is 0. The number of aromatic nitrogens is 2. The summed E-state index contributed by atoms with van der Waals surface area (Å²) in [6.07, 6.45) is 9.58. The van der Waals surface area contributed by atoms with Gasteiger partial charge in [-0.3, -0.25) is 4.98 Å². The molecule has 0 saturated heterocycles. The van der Waals surface area contributed by atoms with Crippen molar-refractivity contribution in [3.8, 4) is 5.69 Å². The van der Waals surface area contributed by atoms with E-state index in [-0.39, 0.29) is 0 Å². The van der Waals surface area contributed by atoms with Crippen LogP contribution >= 0.6 is 0 Å². The molecule has 0 saturated carbocycles. The Bertz CT molecular complexity index is 824. The van der Waals surface area contributed by atoms with Gasteiger partial charge >= 0.3 is 0 Å². The maximum atomic E-state index is 4.11. The molecule has 1 aromatic carbocycles. The summed E-state index contributed by atoms with van der Waals surface area (Å²) >= 11 is 0. The van der Waals surface area contributed by atoms with E-state index in [1.54, 1.807) is 0 Å². The predicted octanol–water partition coefficient (Wildman–Crippen LogP) is 4.84. The molecular weight excluding hydrogens is 256 g/mol. The van der Waals surface area contributed by atoms with Crippen LogP contribution in [0.25, 0.3) is 22.7 Å². The van der Waals surface area contributed by atoms with Crippen molar-refractivity contribution in [2.75, 3.05) is 0 Å². The third kappa shape index (κ3) is 2.29. The maximum Gasteiger partial charge on any atom is 0.0537 e. The summed E-state index contributed by atoms with van der Waals surface area (Å²) < 4.78 is 2.28. The van der Waals surface area contributed by atoms with Gasteiger partial charge in [0.25, 0.3) is 0 Å². The van der Waals surface area contributed by atoms with Crippen molar-refractivity contribution in [3.63, 3.8) is 0 Å². The number of hydrogen-bond donors (Lipinski definition) is 0. The zero-order chi connectivity index (χ0) is 14.8. The molecule has 2 aromatic heterocycles. The Morgan fingerprint density at radius 2 is 1.86 bits per heavy atom. The van der Waals surface area contributed by atoms with E-state index in [1.165, 1.54) is 27.7 Å². The van der Waals surface area contributed by atoms with Crippen molar-refractivity contribution in [2.45, 2.75) is 13.8 Å². The largest absolute Gasteiger partial charge is 0.313 e. The van der Waals surface area contributed by atoms with Crippen LogP contribution in [0.5, 0.6) is 0 Å². The van der Waals surface area contributed by atoms with Crippen LogP contribution in [-0.4, -0.2) is 9.55 Å². The summed E-state index contributed by atoms with van der Waals surface area (Å²) in [6.45, 7) is 8.04. The van der Waals surface area contributed by atoms with Crippen LogP contribution in [0, 0.1) is 13.8 Å². The van der Waals surface area contributed by atoms with Crippen molar-refractivity contribution >= 4 is 17.0 Å². The molecule has 0 aliphatic carbocycles. The monoisotopic (exact) mass is 274 g/mol. The normalized spacial score (nSPS) is 11.3. The molecule has 21 heavy (non-hydrogen) atoms. The highest BCUT2D eigenvalue weighted by atomic mass is 15.0. The highest BCUT2D eigenvalue weighted by Crippen LogP contribution is 2.30. The Hall–Kier alpha value is -2.61. The summed E-state index contributed by atoms with van der Waals surface area (Å²) in [5.74, 6) is 0. The summed E-state index contributed by atoms with van der Waals surface area (Å²) in [4.78, 5) is 4.11. The van der Waals surface area contributed by atoms with Gasteiger partial charge in [-0.15, -0.1) is 0 Å². The van der Waals surface area contributed by atoms with Crippen LogP contribution in [0.1, 0.15) is 16.8 Å². The van der Waals surface area contributed by atoms with Gasteiger partial charge in [0, 0.05) is 34.7 Å². The molecule has 0 N–H and O–H groups in total. The number of benzene rings is 1. The predicted molar refractivity (Wildman–Crippen MR) is 89.8 cm³/mol. The van der Waals surface area contributed by atoms with E-state index >= 15 is 0 Å². The Morgan fingerprint density at radius 3 is 2.57 bits per heavy atom. The van der Waals surface area contributed by atoms with Crippen LogP contribution in [-0.2, 0) is 0 Å². The van der Waals surface area contributed by atoms with Gasteiger partial charge in [0.1, 0.15) is 0 Å². The molecule has 2 heterocycles. The molecule has 0 amide bonds. The van der Waals surface area contributed by atoms with E-state index < -0.39 is 0 Å². The second kappa shape index (κ2) is 5.41. The zero-order valence-corrected chi connectivity index (χ0v) is 12.4. The molecule has 2 heteroatoms. The lowest BCUT2D eigenvalue weighted by Gasteiger charge is -2.08. The topological polar surface area (TPSA) is 17.8 Å². The number of allylic oxidation sites excluding steroid dienone is 2.